The lowest BCUT2D eigenvalue weighted by molar-refractivity contribution is 0.465. The molecule has 1 aliphatic rings. The van der Waals surface area contributed by atoms with E-state index >= 15 is 0 Å². The maximum atomic E-state index is 6.07. The molecule has 0 amide bonds. The van der Waals surface area contributed by atoms with E-state index in [1.54, 1.807) is 0 Å². The molecule has 1 nitrogen and oxygen atoms in total. The van der Waals surface area contributed by atoms with Crippen LogP contribution in [0.3, 0.4) is 0 Å². The molecular weight excluding hydrogens is 334 g/mol. The molecule has 3 rings (SSSR count). The van der Waals surface area contributed by atoms with Crippen LogP contribution in [-0.2, 0) is 6.42 Å². The molecule has 0 aliphatic heterocycles. The third-order valence-corrected chi connectivity index (χ3v) is 4.71. The molecule has 3 heteroatoms. The molecule has 0 saturated heterocycles. The van der Waals surface area contributed by atoms with E-state index in [1.165, 1.54) is 21.2 Å². The molecule has 0 saturated carbocycles. The predicted molar refractivity (Wildman–Crippen MR) is 88.2 cm³/mol. The largest absolute Gasteiger partial charge is 0.303 e. The summed E-state index contributed by atoms with van der Waals surface area (Å²) in [6.07, 6.45) is 2.31. The molecule has 2 aromatic carbocycles. The van der Waals surface area contributed by atoms with Gasteiger partial charge in [-0.3, -0.25) is 0 Å². The molecule has 0 bridgehead atoms. The van der Waals surface area contributed by atoms with Crippen molar-refractivity contribution in [1.82, 2.24) is 5.32 Å². The highest BCUT2D eigenvalue weighted by Gasteiger charge is 2.23. The van der Waals surface area contributed by atoms with Gasteiger partial charge in [0.15, 0.2) is 0 Å². The minimum atomic E-state index is 0.299. The molecule has 1 aliphatic carbocycles. The van der Waals surface area contributed by atoms with Crippen molar-refractivity contribution in [2.24, 2.45) is 0 Å². The highest BCUT2D eigenvalue weighted by Crippen LogP contribution is 2.34. The van der Waals surface area contributed by atoms with Gasteiger partial charge in [0, 0.05) is 21.6 Å². The van der Waals surface area contributed by atoms with E-state index in [0.717, 1.165) is 17.9 Å². The number of nitrogens with one attached hydrogen (secondary N) is 1. The Hall–Kier alpha value is -0.830. The summed E-state index contributed by atoms with van der Waals surface area (Å²) in [5, 5.41) is 4.52. The molecule has 1 N–H and O–H groups in total. The van der Waals surface area contributed by atoms with Crippen molar-refractivity contribution in [3.63, 3.8) is 0 Å². The molecule has 0 spiro atoms. The average molecular weight is 351 g/mol. The number of benzene rings is 2. The van der Waals surface area contributed by atoms with Crippen molar-refractivity contribution in [1.29, 1.82) is 0 Å². The maximum absolute atomic E-state index is 6.07. The first-order valence-corrected chi connectivity index (χ1v) is 8.10. The monoisotopic (exact) mass is 349 g/mol. The van der Waals surface area contributed by atoms with E-state index in [1.807, 2.05) is 18.2 Å². The van der Waals surface area contributed by atoms with Crippen LogP contribution in [0.1, 0.15) is 42.1 Å². The van der Waals surface area contributed by atoms with Crippen molar-refractivity contribution < 1.29 is 0 Å². The smallest absolute Gasteiger partial charge is 0.0409 e. The molecule has 2 aromatic rings. The topological polar surface area (TPSA) is 12.0 Å². The number of hydrogen-bond donors (Lipinski definition) is 1. The summed E-state index contributed by atoms with van der Waals surface area (Å²) >= 11 is 9.62. The second-order valence-corrected chi connectivity index (χ2v) is 6.73. The molecule has 1 unspecified atom stereocenters. The van der Waals surface area contributed by atoms with Crippen LogP contribution in [0, 0.1) is 0 Å². The Morgan fingerprint density at radius 1 is 1.25 bits per heavy atom. The van der Waals surface area contributed by atoms with Crippen LogP contribution in [0.5, 0.6) is 0 Å². The molecule has 20 heavy (non-hydrogen) atoms. The van der Waals surface area contributed by atoms with Gasteiger partial charge in [0.1, 0.15) is 0 Å². The molecule has 104 valence electrons. The highest BCUT2D eigenvalue weighted by molar-refractivity contribution is 9.10. The van der Waals surface area contributed by atoms with Crippen LogP contribution in [0.2, 0.25) is 5.02 Å². The van der Waals surface area contributed by atoms with Gasteiger partial charge in [-0.25, -0.2) is 0 Å². The lowest BCUT2D eigenvalue weighted by atomic mass is 10.0. The van der Waals surface area contributed by atoms with Crippen molar-refractivity contribution in [2.45, 2.75) is 31.8 Å². The number of hydrogen-bond acceptors (Lipinski definition) is 1. The first-order chi connectivity index (χ1) is 9.63. The van der Waals surface area contributed by atoms with Crippen LogP contribution in [0.4, 0.5) is 0 Å². The van der Waals surface area contributed by atoms with Crippen LogP contribution in [0.15, 0.2) is 46.9 Å². The summed E-state index contributed by atoms with van der Waals surface area (Å²) in [6.45, 7) is 2.20. The zero-order valence-corrected chi connectivity index (χ0v) is 13.7. The maximum Gasteiger partial charge on any atom is 0.0409 e. The van der Waals surface area contributed by atoms with E-state index < -0.39 is 0 Å². The Labute approximate surface area is 133 Å². The van der Waals surface area contributed by atoms with Gasteiger partial charge in [-0.15, -0.1) is 0 Å². The van der Waals surface area contributed by atoms with Gasteiger partial charge in [0.2, 0.25) is 0 Å². The first-order valence-electron chi connectivity index (χ1n) is 6.93. The summed E-state index contributed by atoms with van der Waals surface area (Å²) in [4.78, 5) is 0. The van der Waals surface area contributed by atoms with Gasteiger partial charge in [0.05, 0.1) is 0 Å². The lowest BCUT2D eigenvalue weighted by Crippen LogP contribution is -2.22. The van der Waals surface area contributed by atoms with E-state index in [9.17, 15) is 0 Å². The Morgan fingerprint density at radius 3 is 2.90 bits per heavy atom. The lowest BCUT2D eigenvalue weighted by Gasteiger charge is -2.21. The summed E-state index contributed by atoms with van der Waals surface area (Å²) < 4.78 is 1.17. The van der Waals surface area contributed by atoms with Crippen LogP contribution >= 0.6 is 27.5 Å². The zero-order valence-electron chi connectivity index (χ0n) is 11.4. The van der Waals surface area contributed by atoms with Crippen LogP contribution < -0.4 is 5.32 Å². The summed E-state index contributed by atoms with van der Waals surface area (Å²) in [6, 6.07) is 15.4. The second kappa shape index (κ2) is 5.88. The third kappa shape index (κ3) is 2.93. The first kappa shape index (κ1) is 14.1. The van der Waals surface area contributed by atoms with E-state index in [2.05, 4.69) is 52.4 Å². The fourth-order valence-corrected chi connectivity index (χ4v) is 3.54. The van der Waals surface area contributed by atoms with E-state index in [0.29, 0.717) is 12.1 Å². The Kier molecular flexibility index (Phi) is 4.16. The zero-order chi connectivity index (χ0) is 14.1. The minimum absolute atomic E-state index is 0.299. The molecule has 0 heterocycles. The number of rotatable bonds is 3. The van der Waals surface area contributed by atoms with Gasteiger partial charge >= 0.3 is 0 Å². The SMILES string of the molecule is C[C@H](NC1CCc2cc(Br)ccc21)c1cccc(Cl)c1. The van der Waals surface area contributed by atoms with Gasteiger partial charge in [-0.2, -0.15) is 0 Å². The molecule has 0 radical (unpaired) electrons. The number of aryl methyl sites for hydroxylation is 1. The van der Waals surface area contributed by atoms with E-state index in [4.69, 9.17) is 11.6 Å². The minimum Gasteiger partial charge on any atom is -0.303 e. The van der Waals surface area contributed by atoms with Gasteiger partial charge in [0.25, 0.3) is 0 Å². The number of halogens is 2. The van der Waals surface area contributed by atoms with Crippen molar-refractivity contribution in [3.05, 3.63) is 68.7 Å². The Morgan fingerprint density at radius 2 is 2.10 bits per heavy atom. The Bertz CT molecular complexity index is 626. The van der Waals surface area contributed by atoms with Crippen molar-refractivity contribution in [2.75, 3.05) is 0 Å². The molecular formula is C17H17BrClN. The fourth-order valence-electron chi connectivity index (χ4n) is 2.93. The third-order valence-electron chi connectivity index (χ3n) is 3.98. The molecule has 0 fully saturated rings. The van der Waals surface area contributed by atoms with Crippen LogP contribution in [0.25, 0.3) is 0 Å². The average Bonchev–Trinajstić information content (AvgIpc) is 2.81. The highest BCUT2D eigenvalue weighted by atomic mass is 79.9. The molecule has 0 aromatic heterocycles. The second-order valence-electron chi connectivity index (χ2n) is 5.38. The van der Waals surface area contributed by atoms with Crippen LogP contribution in [-0.4, -0.2) is 0 Å². The standard InChI is InChI=1S/C17H17BrClN/c1-11(12-3-2-4-15(19)10-12)20-17-8-5-13-9-14(18)6-7-16(13)17/h2-4,6-7,9-11,17,20H,5,8H2,1H3/t11-,17?/m0/s1. The number of fused-ring (bicyclic) bond motifs is 1. The summed E-state index contributed by atoms with van der Waals surface area (Å²) in [7, 11) is 0. The predicted octanol–water partition coefficient (Wildman–Crippen LogP) is 5.44. The quantitative estimate of drug-likeness (QED) is 0.777. The van der Waals surface area contributed by atoms with Crippen molar-refractivity contribution >= 4 is 27.5 Å². The normalized spacial score (nSPS) is 18.9. The van der Waals surface area contributed by atoms with Gasteiger partial charge in [-0.1, -0.05) is 45.7 Å². The summed E-state index contributed by atoms with van der Waals surface area (Å²) in [5.74, 6) is 0. The fraction of sp³-hybridized carbons (Fsp3) is 0.294. The molecule has 2 atom stereocenters. The van der Waals surface area contributed by atoms with E-state index in [-0.39, 0.29) is 0 Å². The van der Waals surface area contributed by atoms with Gasteiger partial charge < -0.3 is 5.32 Å². The van der Waals surface area contributed by atoms with Gasteiger partial charge in [-0.05, 0) is 60.7 Å². The van der Waals surface area contributed by atoms with Crippen molar-refractivity contribution in [3.8, 4) is 0 Å². The Balaban J connectivity index is 1.77. The summed E-state index contributed by atoms with van der Waals surface area (Å²) in [5.41, 5.74) is 4.13.